The molecule has 1 aromatic rings. The SMILES string of the molecule is O=C(C1CC1)N1CCCN(c2nc(C(F)(F)F)cs2)CC1. The summed E-state index contributed by atoms with van der Waals surface area (Å²) in [6.07, 6.45) is -1.69. The van der Waals surface area contributed by atoms with Crippen LogP contribution in [0, 0.1) is 5.92 Å². The van der Waals surface area contributed by atoms with Gasteiger partial charge >= 0.3 is 6.18 Å². The summed E-state index contributed by atoms with van der Waals surface area (Å²) in [6, 6.07) is 0. The molecule has 1 aromatic heterocycles. The van der Waals surface area contributed by atoms with Gasteiger partial charge in [-0.1, -0.05) is 0 Å². The zero-order valence-corrected chi connectivity index (χ0v) is 12.2. The van der Waals surface area contributed by atoms with Crippen LogP contribution in [0.1, 0.15) is 25.0 Å². The van der Waals surface area contributed by atoms with Crippen molar-refractivity contribution in [2.75, 3.05) is 31.1 Å². The summed E-state index contributed by atoms with van der Waals surface area (Å²) in [7, 11) is 0. The summed E-state index contributed by atoms with van der Waals surface area (Å²) in [5, 5.41) is 1.44. The molecule has 0 N–H and O–H groups in total. The zero-order valence-electron chi connectivity index (χ0n) is 11.4. The van der Waals surface area contributed by atoms with Crippen molar-refractivity contribution in [3.05, 3.63) is 11.1 Å². The third kappa shape index (κ3) is 3.30. The van der Waals surface area contributed by atoms with Crippen LogP contribution < -0.4 is 4.90 Å². The van der Waals surface area contributed by atoms with E-state index in [1.807, 2.05) is 9.80 Å². The van der Waals surface area contributed by atoms with Crippen molar-refractivity contribution in [2.45, 2.75) is 25.4 Å². The number of hydrogen-bond donors (Lipinski definition) is 0. The average Bonchev–Trinajstić information content (AvgIpc) is 3.19. The number of aromatic nitrogens is 1. The molecular weight excluding hydrogens is 303 g/mol. The normalized spacial score (nSPS) is 20.5. The minimum Gasteiger partial charge on any atom is -0.346 e. The van der Waals surface area contributed by atoms with E-state index in [0.717, 1.165) is 36.0 Å². The minimum absolute atomic E-state index is 0.188. The lowest BCUT2D eigenvalue weighted by Gasteiger charge is -2.21. The molecule has 1 saturated carbocycles. The molecule has 0 radical (unpaired) electrons. The predicted molar refractivity (Wildman–Crippen MR) is 73.3 cm³/mol. The zero-order chi connectivity index (χ0) is 15.0. The second-order valence-electron chi connectivity index (χ2n) is 5.45. The Morgan fingerprint density at radius 3 is 2.62 bits per heavy atom. The standard InChI is InChI=1S/C13H16F3N3OS/c14-13(15,16)10-8-21-12(17-10)19-5-1-4-18(6-7-19)11(20)9-2-3-9/h8-9H,1-7H2. The predicted octanol–water partition coefficient (Wildman–Crippen LogP) is 2.61. The van der Waals surface area contributed by atoms with Crippen molar-refractivity contribution in [1.82, 2.24) is 9.88 Å². The van der Waals surface area contributed by atoms with Gasteiger partial charge in [-0.05, 0) is 19.3 Å². The molecule has 1 aliphatic carbocycles. The quantitative estimate of drug-likeness (QED) is 0.841. The van der Waals surface area contributed by atoms with E-state index < -0.39 is 11.9 Å². The molecule has 3 rings (SSSR count). The van der Waals surface area contributed by atoms with Gasteiger partial charge in [-0.15, -0.1) is 11.3 Å². The lowest BCUT2D eigenvalue weighted by Crippen LogP contribution is -2.36. The van der Waals surface area contributed by atoms with Crippen LogP contribution in [0.4, 0.5) is 18.3 Å². The van der Waals surface area contributed by atoms with E-state index in [-0.39, 0.29) is 11.8 Å². The maximum atomic E-state index is 12.6. The van der Waals surface area contributed by atoms with Gasteiger partial charge in [0.05, 0.1) is 0 Å². The van der Waals surface area contributed by atoms with E-state index in [9.17, 15) is 18.0 Å². The van der Waals surface area contributed by atoms with Gasteiger partial charge in [-0.25, -0.2) is 4.98 Å². The summed E-state index contributed by atoms with van der Waals surface area (Å²) >= 11 is 1.01. The van der Waals surface area contributed by atoms with Crippen LogP contribution in [0.15, 0.2) is 5.38 Å². The molecule has 0 bridgehead atoms. The number of alkyl halides is 3. The fourth-order valence-corrected chi connectivity index (χ4v) is 3.34. The van der Waals surface area contributed by atoms with Gasteiger partial charge in [0.1, 0.15) is 0 Å². The Bertz CT molecular complexity index is 527. The molecule has 2 heterocycles. The first-order valence-electron chi connectivity index (χ1n) is 7.01. The van der Waals surface area contributed by atoms with Crippen molar-refractivity contribution >= 4 is 22.4 Å². The number of halogens is 3. The third-order valence-electron chi connectivity index (χ3n) is 3.79. The van der Waals surface area contributed by atoms with E-state index in [1.165, 1.54) is 0 Å². The number of amides is 1. The average molecular weight is 319 g/mol. The van der Waals surface area contributed by atoms with Crippen LogP contribution in [-0.2, 0) is 11.0 Å². The Balaban J connectivity index is 1.64. The van der Waals surface area contributed by atoms with Gasteiger partial charge in [0.25, 0.3) is 0 Å². The fourth-order valence-electron chi connectivity index (χ4n) is 2.46. The second-order valence-corrected chi connectivity index (χ2v) is 6.29. The first-order valence-corrected chi connectivity index (χ1v) is 7.89. The van der Waals surface area contributed by atoms with Gasteiger partial charge in [0.2, 0.25) is 5.91 Å². The summed E-state index contributed by atoms with van der Waals surface area (Å²) in [4.78, 5) is 19.4. The lowest BCUT2D eigenvalue weighted by molar-refractivity contribution is -0.140. The number of nitrogens with zero attached hydrogens (tertiary/aromatic N) is 3. The van der Waals surface area contributed by atoms with Crippen LogP contribution in [0.2, 0.25) is 0 Å². The number of anilines is 1. The minimum atomic E-state index is -4.39. The molecular formula is C13H16F3N3OS. The first kappa shape index (κ1) is 14.6. The maximum absolute atomic E-state index is 12.6. The molecule has 1 amide bonds. The van der Waals surface area contributed by atoms with Gasteiger partial charge in [-0.3, -0.25) is 4.79 Å². The monoisotopic (exact) mass is 319 g/mol. The van der Waals surface area contributed by atoms with E-state index in [4.69, 9.17) is 0 Å². The summed E-state index contributed by atoms with van der Waals surface area (Å²) < 4.78 is 37.8. The topological polar surface area (TPSA) is 36.4 Å². The van der Waals surface area contributed by atoms with Gasteiger partial charge in [-0.2, -0.15) is 13.2 Å². The Hall–Kier alpha value is -1.31. The van der Waals surface area contributed by atoms with Gasteiger partial charge in [0.15, 0.2) is 10.8 Å². The molecule has 0 atom stereocenters. The van der Waals surface area contributed by atoms with E-state index in [1.54, 1.807) is 0 Å². The Morgan fingerprint density at radius 1 is 1.24 bits per heavy atom. The van der Waals surface area contributed by atoms with Crippen molar-refractivity contribution in [2.24, 2.45) is 5.92 Å². The van der Waals surface area contributed by atoms with Crippen molar-refractivity contribution < 1.29 is 18.0 Å². The highest BCUT2D eigenvalue weighted by Crippen LogP contribution is 2.34. The molecule has 4 nitrogen and oxygen atoms in total. The summed E-state index contributed by atoms with van der Waals surface area (Å²) in [5.74, 6) is 0.389. The molecule has 1 aliphatic heterocycles. The largest absolute Gasteiger partial charge is 0.434 e. The number of rotatable bonds is 2. The van der Waals surface area contributed by atoms with Crippen molar-refractivity contribution in [1.29, 1.82) is 0 Å². The highest BCUT2D eigenvalue weighted by molar-refractivity contribution is 7.13. The molecule has 0 unspecified atom stereocenters. The summed E-state index contributed by atoms with van der Waals surface area (Å²) in [6.45, 7) is 2.43. The number of carbonyl (C=O) groups excluding carboxylic acids is 1. The highest BCUT2D eigenvalue weighted by atomic mass is 32.1. The Morgan fingerprint density at radius 2 is 2.00 bits per heavy atom. The van der Waals surface area contributed by atoms with Crippen LogP contribution in [0.3, 0.4) is 0 Å². The first-order chi connectivity index (χ1) is 9.95. The van der Waals surface area contributed by atoms with E-state index >= 15 is 0 Å². The number of thiazole rings is 1. The van der Waals surface area contributed by atoms with Crippen LogP contribution in [0.5, 0.6) is 0 Å². The third-order valence-corrected chi connectivity index (χ3v) is 4.69. The molecule has 116 valence electrons. The molecule has 1 saturated heterocycles. The lowest BCUT2D eigenvalue weighted by atomic mass is 10.3. The Kier molecular flexibility index (Phi) is 3.81. The van der Waals surface area contributed by atoms with Crippen molar-refractivity contribution in [3.8, 4) is 0 Å². The van der Waals surface area contributed by atoms with E-state index in [2.05, 4.69) is 4.98 Å². The molecule has 0 spiro atoms. The van der Waals surface area contributed by atoms with Crippen LogP contribution >= 0.6 is 11.3 Å². The summed E-state index contributed by atoms with van der Waals surface area (Å²) in [5.41, 5.74) is -0.836. The molecule has 2 aliphatic rings. The number of hydrogen-bond acceptors (Lipinski definition) is 4. The molecule has 2 fully saturated rings. The Labute approximate surface area is 124 Å². The smallest absolute Gasteiger partial charge is 0.346 e. The van der Waals surface area contributed by atoms with Crippen LogP contribution in [-0.4, -0.2) is 42.0 Å². The van der Waals surface area contributed by atoms with Gasteiger partial charge in [0, 0.05) is 37.5 Å². The molecule has 0 aromatic carbocycles. The highest BCUT2D eigenvalue weighted by Gasteiger charge is 2.36. The van der Waals surface area contributed by atoms with E-state index in [0.29, 0.717) is 31.3 Å². The molecule has 8 heteroatoms. The van der Waals surface area contributed by atoms with Gasteiger partial charge < -0.3 is 9.80 Å². The number of carbonyl (C=O) groups is 1. The van der Waals surface area contributed by atoms with Crippen molar-refractivity contribution in [3.63, 3.8) is 0 Å². The fraction of sp³-hybridized carbons (Fsp3) is 0.692. The molecule has 21 heavy (non-hydrogen) atoms. The van der Waals surface area contributed by atoms with Crippen LogP contribution in [0.25, 0.3) is 0 Å². The maximum Gasteiger partial charge on any atom is 0.434 e. The second kappa shape index (κ2) is 5.47.